The number of hydrogen-bond donors (Lipinski definition) is 1. The van der Waals surface area contributed by atoms with E-state index in [9.17, 15) is 4.79 Å². The van der Waals surface area contributed by atoms with E-state index in [1.54, 1.807) is 0 Å². The summed E-state index contributed by atoms with van der Waals surface area (Å²) in [6.07, 6.45) is -0.190. The lowest BCUT2D eigenvalue weighted by molar-refractivity contribution is 0.0789. The predicted octanol–water partition coefficient (Wildman–Crippen LogP) is 3.41. The van der Waals surface area contributed by atoms with Crippen LogP contribution in [0, 0.1) is 0 Å². The first-order valence-corrected chi connectivity index (χ1v) is 7.95. The molecule has 1 aliphatic rings. The molecular formula is C20H17NO3. The van der Waals surface area contributed by atoms with Crippen molar-refractivity contribution in [2.45, 2.75) is 6.10 Å². The lowest BCUT2D eigenvalue weighted by Gasteiger charge is -2.26. The van der Waals surface area contributed by atoms with Crippen molar-refractivity contribution in [1.29, 1.82) is 0 Å². The number of rotatable bonds is 3. The Labute approximate surface area is 140 Å². The number of nitrogens with one attached hydrogen (secondary N) is 1. The summed E-state index contributed by atoms with van der Waals surface area (Å²) in [4.78, 5) is 12.4. The third-order valence-corrected chi connectivity index (χ3v) is 4.07. The number of benzene rings is 3. The van der Waals surface area contributed by atoms with E-state index in [0.717, 1.165) is 16.5 Å². The van der Waals surface area contributed by atoms with Gasteiger partial charge in [-0.1, -0.05) is 42.5 Å². The van der Waals surface area contributed by atoms with Crippen LogP contribution >= 0.6 is 0 Å². The van der Waals surface area contributed by atoms with Crippen molar-refractivity contribution < 1.29 is 14.3 Å². The Morgan fingerprint density at radius 3 is 2.58 bits per heavy atom. The zero-order chi connectivity index (χ0) is 16.4. The first-order valence-electron chi connectivity index (χ1n) is 7.95. The number of fused-ring (bicyclic) bond motifs is 2. The maximum absolute atomic E-state index is 12.4. The summed E-state index contributed by atoms with van der Waals surface area (Å²) >= 11 is 0. The molecule has 0 aliphatic carbocycles. The van der Waals surface area contributed by atoms with Crippen LogP contribution in [-0.4, -0.2) is 25.2 Å². The fraction of sp³-hybridized carbons (Fsp3) is 0.150. The molecule has 0 spiro atoms. The van der Waals surface area contributed by atoms with Gasteiger partial charge in [0.1, 0.15) is 12.7 Å². The maximum Gasteiger partial charge on any atom is 0.251 e. The molecule has 0 radical (unpaired) electrons. The van der Waals surface area contributed by atoms with Gasteiger partial charge in [0.15, 0.2) is 11.5 Å². The molecule has 4 heteroatoms. The van der Waals surface area contributed by atoms with Gasteiger partial charge in [-0.15, -0.1) is 0 Å². The Kier molecular flexibility index (Phi) is 3.79. The molecule has 1 N–H and O–H groups in total. The highest BCUT2D eigenvalue weighted by atomic mass is 16.6. The minimum absolute atomic E-state index is 0.108. The highest BCUT2D eigenvalue weighted by Gasteiger charge is 2.21. The zero-order valence-corrected chi connectivity index (χ0v) is 13.1. The smallest absolute Gasteiger partial charge is 0.251 e. The lowest BCUT2D eigenvalue weighted by atomic mass is 10.1. The topological polar surface area (TPSA) is 47.6 Å². The van der Waals surface area contributed by atoms with Gasteiger partial charge in [0, 0.05) is 5.56 Å². The van der Waals surface area contributed by atoms with E-state index in [2.05, 4.69) is 5.32 Å². The summed E-state index contributed by atoms with van der Waals surface area (Å²) in [5.74, 6) is 1.35. The van der Waals surface area contributed by atoms with Crippen LogP contribution in [0.4, 0.5) is 0 Å². The Balaban J connectivity index is 1.41. The highest BCUT2D eigenvalue weighted by molar-refractivity contribution is 5.98. The molecule has 120 valence electrons. The Morgan fingerprint density at radius 2 is 1.71 bits per heavy atom. The molecule has 0 fully saturated rings. The van der Waals surface area contributed by atoms with E-state index in [1.165, 1.54) is 0 Å². The van der Waals surface area contributed by atoms with E-state index in [4.69, 9.17) is 9.47 Å². The third kappa shape index (κ3) is 2.91. The summed E-state index contributed by atoms with van der Waals surface area (Å²) in [6.45, 7) is 0.828. The van der Waals surface area contributed by atoms with Gasteiger partial charge in [0.25, 0.3) is 5.91 Å². The standard InChI is InChI=1S/C20H17NO3/c22-20(16-10-9-14-5-1-2-6-15(14)11-16)21-12-17-13-23-18-7-3-4-8-19(18)24-17/h1-11,17H,12-13H2,(H,21,22)/t17-/m1/s1. The molecule has 1 aliphatic heterocycles. The van der Waals surface area contributed by atoms with Crippen molar-refractivity contribution in [3.8, 4) is 11.5 Å². The molecule has 24 heavy (non-hydrogen) atoms. The number of para-hydroxylation sites is 2. The van der Waals surface area contributed by atoms with Crippen LogP contribution in [-0.2, 0) is 0 Å². The van der Waals surface area contributed by atoms with Gasteiger partial charge in [-0.2, -0.15) is 0 Å². The van der Waals surface area contributed by atoms with Crippen LogP contribution in [0.3, 0.4) is 0 Å². The minimum atomic E-state index is -0.190. The molecule has 0 bridgehead atoms. The SMILES string of the molecule is O=C(NC[C@@H]1COc2ccccc2O1)c1ccc2ccccc2c1. The fourth-order valence-corrected chi connectivity index (χ4v) is 2.80. The van der Waals surface area contributed by atoms with Gasteiger partial charge in [-0.3, -0.25) is 4.79 Å². The molecule has 1 atom stereocenters. The fourth-order valence-electron chi connectivity index (χ4n) is 2.80. The van der Waals surface area contributed by atoms with Crippen LogP contribution in [0.25, 0.3) is 10.8 Å². The minimum Gasteiger partial charge on any atom is -0.486 e. The Hall–Kier alpha value is -3.01. The van der Waals surface area contributed by atoms with Gasteiger partial charge >= 0.3 is 0 Å². The number of hydrogen-bond acceptors (Lipinski definition) is 3. The van der Waals surface area contributed by atoms with E-state index in [0.29, 0.717) is 24.5 Å². The largest absolute Gasteiger partial charge is 0.486 e. The molecule has 4 nitrogen and oxygen atoms in total. The summed E-state index contributed by atoms with van der Waals surface area (Å²) in [5, 5.41) is 5.09. The van der Waals surface area contributed by atoms with E-state index < -0.39 is 0 Å². The van der Waals surface area contributed by atoms with Gasteiger partial charge in [0.2, 0.25) is 0 Å². The quantitative estimate of drug-likeness (QED) is 0.805. The van der Waals surface area contributed by atoms with Crippen LogP contribution in [0.15, 0.2) is 66.7 Å². The van der Waals surface area contributed by atoms with Crippen molar-refractivity contribution >= 4 is 16.7 Å². The van der Waals surface area contributed by atoms with Crippen LogP contribution in [0.5, 0.6) is 11.5 Å². The van der Waals surface area contributed by atoms with Crippen molar-refractivity contribution in [3.05, 3.63) is 72.3 Å². The molecule has 3 aromatic carbocycles. The Morgan fingerprint density at radius 1 is 0.958 bits per heavy atom. The molecule has 0 saturated heterocycles. The first kappa shape index (κ1) is 14.6. The van der Waals surface area contributed by atoms with Gasteiger partial charge < -0.3 is 14.8 Å². The van der Waals surface area contributed by atoms with Crippen LogP contribution in [0.1, 0.15) is 10.4 Å². The van der Waals surface area contributed by atoms with E-state index in [-0.39, 0.29) is 12.0 Å². The first-order chi connectivity index (χ1) is 11.8. The van der Waals surface area contributed by atoms with Crippen molar-refractivity contribution in [2.75, 3.05) is 13.2 Å². The summed E-state index contributed by atoms with van der Waals surface area (Å²) in [7, 11) is 0. The normalized spacial score (nSPS) is 15.9. The molecule has 0 aromatic heterocycles. The summed E-state index contributed by atoms with van der Waals surface area (Å²) in [6, 6.07) is 21.2. The second kappa shape index (κ2) is 6.24. The van der Waals surface area contributed by atoms with Gasteiger partial charge in [0.05, 0.1) is 6.54 Å². The van der Waals surface area contributed by atoms with E-state index in [1.807, 2.05) is 66.7 Å². The van der Waals surface area contributed by atoms with Crippen molar-refractivity contribution in [1.82, 2.24) is 5.32 Å². The van der Waals surface area contributed by atoms with Crippen molar-refractivity contribution in [3.63, 3.8) is 0 Å². The number of carbonyl (C=O) groups is 1. The van der Waals surface area contributed by atoms with Crippen LogP contribution < -0.4 is 14.8 Å². The summed E-state index contributed by atoms with van der Waals surface area (Å²) < 4.78 is 11.5. The molecule has 4 rings (SSSR count). The molecule has 0 saturated carbocycles. The lowest BCUT2D eigenvalue weighted by Crippen LogP contribution is -2.40. The molecule has 0 unspecified atom stereocenters. The second-order valence-electron chi connectivity index (χ2n) is 5.77. The summed E-state index contributed by atoms with van der Waals surface area (Å²) in [5.41, 5.74) is 0.644. The average molecular weight is 319 g/mol. The third-order valence-electron chi connectivity index (χ3n) is 4.07. The van der Waals surface area contributed by atoms with Gasteiger partial charge in [-0.05, 0) is 35.0 Å². The number of carbonyl (C=O) groups excluding carboxylic acids is 1. The molecule has 3 aromatic rings. The van der Waals surface area contributed by atoms with Gasteiger partial charge in [-0.25, -0.2) is 0 Å². The monoisotopic (exact) mass is 319 g/mol. The number of ether oxygens (including phenoxy) is 2. The molecule has 1 amide bonds. The highest BCUT2D eigenvalue weighted by Crippen LogP contribution is 2.30. The Bertz CT molecular complexity index is 891. The predicted molar refractivity (Wildman–Crippen MR) is 92.6 cm³/mol. The maximum atomic E-state index is 12.4. The molecule has 1 heterocycles. The van der Waals surface area contributed by atoms with Crippen LogP contribution in [0.2, 0.25) is 0 Å². The average Bonchev–Trinajstić information content (AvgIpc) is 2.65. The van der Waals surface area contributed by atoms with Crippen molar-refractivity contribution in [2.24, 2.45) is 0 Å². The number of amides is 1. The molecular weight excluding hydrogens is 302 g/mol. The van der Waals surface area contributed by atoms with E-state index >= 15 is 0 Å². The zero-order valence-electron chi connectivity index (χ0n) is 13.1. The second-order valence-corrected chi connectivity index (χ2v) is 5.77.